The number of benzene rings is 1. The number of aryl methyl sites for hydroxylation is 1. The summed E-state index contributed by atoms with van der Waals surface area (Å²) in [5, 5.41) is 24.9. The fourth-order valence-corrected chi connectivity index (χ4v) is 5.17. The molecule has 224 valence electrons. The van der Waals surface area contributed by atoms with Gasteiger partial charge in [-0.15, -0.1) is 0 Å². The van der Waals surface area contributed by atoms with Crippen molar-refractivity contribution < 1.29 is 38.4 Å². The smallest absolute Gasteiger partial charge is 0.330 e. The van der Waals surface area contributed by atoms with Crippen LogP contribution in [-0.2, 0) is 23.4 Å². The predicted octanol–water partition coefficient (Wildman–Crippen LogP) is 1.78. The minimum Gasteiger partial charge on any atom is -0.465 e. The Balaban J connectivity index is 1.93. The first-order valence-electron chi connectivity index (χ1n) is 12.7. The quantitative estimate of drug-likeness (QED) is 0.0755. The van der Waals surface area contributed by atoms with Crippen LogP contribution in [0.2, 0.25) is 0 Å². The number of hydrogen-bond donors (Lipinski definition) is 3. The molecule has 1 aliphatic rings. The van der Waals surface area contributed by atoms with Crippen molar-refractivity contribution in [1.82, 2.24) is 14.4 Å². The van der Waals surface area contributed by atoms with Crippen LogP contribution in [0, 0.1) is 12.8 Å². The van der Waals surface area contributed by atoms with Gasteiger partial charge in [-0.1, -0.05) is 41.5 Å². The maximum atomic E-state index is 13.6. The molecule has 0 spiro atoms. The number of esters is 1. The monoisotopic (exact) mass is 596 g/mol. The van der Waals surface area contributed by atoms with Crippen molar-refractivity contribution in [2.45, 2.75) is 64.3 Å². The first-order chi connectivity index (χ1) is 19.4. The molecule has 6 atom stereocenters. The van der Waals surface area contributed by atoms with Crippen LogP contribution in [-0.4, -0.2) is 67.8 Å². The van der Waals surface area contributed by atoms with Crippen molar-refractivity contribution in [3.8, 4) is 5.75 Å². The van der Waals surface area contributed by atoms with Crippen LogP contribution in [0.5, 0.6) is 5.75 Å². The maximum absolute atomic E-state index is 13.6. The zero-order chi connectivity index (χ0) is 30.3. The summed E-state index contributed by atoms with van der Waals surface area (Å²) in [6.07, 6.45) is -4.21. The lowest BCUT2D eigenvalue weighted by molar-refractivity contribution is -0.157. The van der Waals surface area contributed by atoms with Crippen molar-refractivity contribution in [1.29, 1.82) is 0 Å². The Morgan fingerprint density at radius 3 is 2.56 bits per heavy atom. The first kappa shape index (κ1) is 32.0. The molecule has 3 rings (SSSR count). The van der Waals surface area contributed by atoms with Crippen molar-refractivity contribution in [2.24, 2.45) is 11.0 Å². The summed E-state index contributed by atoms with van der Waals surface area (Å²) in [6.45, 7) is 6.33. The highest BCUT2D eigenvalue weighted by Gasteiger charge is 2.56. The van der Waals surface area contributed by atoms with Gasteiger partial charge < -0.3 is 29.0 Å². The number of hydroxylamine groups is 1. The average Bonchev–Trinajstić information content (AvgIpc) is 3.16. The summed E-state index contributed by atoms with van der Waals surface area (Å²) in [5.74, 6) is -0.542. The molecular formula is C24H33N6O10P. The van der Waals surface area contributed by atoms with Gasteiger partial charge in [0.2, 0.25) is 5.72 Å². The second-order valence-electron chi connectivity index (χ2n) is 9.68. The van der Waals surface area contributed by atoms with E-state index >= 15 is 0 Å². The van der Waals surface area contributed by atoms with Crippen LogP contribution >= 0.6 is 8.18 Å². The van der Waals surface area contributed by atoms with Gasteiger partial charge in [0.15, 0.2) is 12.3 Å². The van der Waals surface area contributed by atoms with Crippen LogP contribution < -0.4 is 16.1 Å². The number of hydrogen-bond acceptors (Lipinski definition) is 11. The molecule has 17 heteroatoms. The van der Waals surface area contributed by atoms with Crippen LogP contribution in [0.15, 0.2) is 51.2 Å². The molecule has 0 radical (unpaired) electrons. The molecule has 2 unspecified atom stereocenters. The van der Waals surface area contributed by atoms with E-state index in [1.807, 2.05) is 25.8 Å². The number of azide groups is 1. The molecule has 1 aliphatic heterocycles. The predicted molar refractivity (Wildman–Crippen MR) is 144 cm³/mol. The van der Waals surface area contributed by atoms with E-state index in [4.69, 9.17) is 18.8 Å². The maximum Gasteiger partial charge on any atom is 0.330 e. The summed E-state index contributed by atoms with van der Waals surface area (Å²) >= 11 is 0. The Kier molecular flexibility index (Phi) is 10.9. The summed E-state index contributed by atoms with van der Waals surface area (Å²) in [5.41, 5.74) is 6.09. The third-order valence-corrected chi connectivity index (χ3v) is 7.24. The number of ether oxygens (including phenoxy) is 2. The van der Waals surface area contributed by atoms with Gasteiger partial charge in [0.1, 0.15) is 18.0 Å². The normalized spacial score (nSPS) is 23.7. The molecule has 0 saturated carbocycles. The van der Waals surface area contributed by atoms with E-state index in [9.17, 15) is 34.7 Å². The lowest BCUT2D eigenvalue weighted by Gasteiger charge is -2.31. The second-order valence-corrected chi connectivity index (χ2v) is 10.9. The van der Waals surface area contributed by atoms with E-state index in [2.05, 4.69) is 10.0 Å². The number of aliphatic hydroxyl groups excluding tert-OH is 2. The third kappa shape index (κ3) is 7.63. The highest BCUT2D eigenvalue weighted by atomic mass is 31.1. The number of aliphatic hydroxyl groups is 2. The van der Waals surface area contributed by atoms with Crippen LogP contribution in [0.25, 0.3) is 10.4 Å². The molecule has 41 heavy (non-hydrogen) atoms. The van der Waals surface area contributed by atoms with Crippen LogP contribution in [0.1, 0.15) is 39.0 Å². The van der Waals surface area contributed by atoms with Crippen molar-refractivity contribution in [3.63, 3.8) is 0 Å². The minimum absolute atomic E-state index is 0.0526. The first-order valence-corrected chi connectivity index (χ1v) is 14.0. The second kappa shape index (κ2) is 13.9. The van der Waals surface area contributed by atoms with Gasteiger partial charge in [0.25, 0.3) is 13.7 Å². The van der Waals surface area contributed by atoms with Gasteiger partial charge in [-0.2, -0.15) is 0 Å². The minimum atomic E-state index is -3.53. The lowest BCUT2D eigenvalue weighted by atomic mass is 10.0. The molecule has 1 saturated heterocycles. The number of carbonyl (C=O) groups excluding carboxylic acids is 1. The topological polar surface area (TPSA) is 218 Å². The van der Waals surface area contributed by atoms with Crippen LogP contribution in [0.4, 0.5) is 0 Å². The molecule has 0 aliphatic carbocycles. The number of H-pyrrole nitrogens is 1. The van der Waals surface area contributed by atoms with Gasteiger partial charge in [-0.3, -0.25) is 23.7 Å². The highest BCUT2D eigenvalue weighted by Crippen LogP contribution is 2.42. The van der Waals surface area contributed by atoms with E-state index in [-0.39, 0.29) is 24.7 Å². The van der Waals surface area contributed by atoms with E-state index in [0.717, 1.165) is 27.2 Å². The Bertz CT molecular complexity index is 1390. The number of aromatic nitrogens is 2. The standard InChI is InChI=1S/C24H33N6O10P/c1-5-37-22(34)17(12-14(2)3)30(40-16-8-6-15(4)7-9-16)41(36)38-13-24(27-28-25)20(33)19(32)21(39-24)29-11-10-18(31)26-23(29)35/h6-11,14,17,19-21,32-33,41H,5,12-13H2,1-4H3,(H,26,31,35)/t17?,19-,20+,21-,24-/m1/s1. The zero-order valence-electron chi connectivity index (χ0n) is 22.9. The third-order valence-electron chi connectivity index (χ3n) is 6.09. The van der Waals surface area contributed by atoms with Crippen molar-refractivity contribution in [3.05, 3.63) is 73.4 Å². The summed E-state index contributed by atoms with van der Waals surface area (Å²) in [7, 11) is -3.53. The lowest BCUT2D eigenvalue weighted by Crippen LogP contribution is -2.45. The SMILES string of the molecule is CCOC(=O)C(CC(C)C)N(Oc1ccc(C)cc1)[PH](=O)OC[C@@]1(N=[N+]=[N-])O[C@@H](n2ccc(=O)[nH]c2=O)[C@H](O)[C@@H]1O. The molecule has 1 aromatic heterocycles. The number of carbonyl (C=O) groups is 1. The molecule has 1 aromatic carbocycles. The Hall–Kier alpha value is -3.49. The van der Waals surface area contributed by atoms with E-state index < -0.39 is 62.2 Å². The van der Waals surface area contributed by atoms with Gasteiger partial charge in [0, 0.05) is 17.2 Å². The van der Waals surface area contributed by atoms with E-state index in [1.165, 1.54) is 0 Å². The fourth-order valence-electron chi connectivity index (χ4n) is 4.07. The van der Waals surface area contributed by atoms with Crippen molar-refractivity contribution >= 4 is 14.1 Å². The highest BCUT2D eigenvalue weighted by molar-refractivity contribution is 7.36. The van der Waals surface area contributed by atoms with E-state index in [1.54, 1.807) is 31.2 Å². The van der Waals surface area contributed by atoms with Gasteiger partial charge in [-0.25, -0.2) is 4.79 Å². The molecule has 1 fully saturated rings. The summed E-state index contributed by atoms with van der Waals surface area (Å²) < 4.78 is 30.7. The zero-order valence-corrected chi connectivity index (χ0v) is 23.9. The van der Waals surface area contributed by atoms with Gasteiger partial charge in [0.05, 0.1) is 13.2 Å². The average molecular weight is 597 g/mol. The number of nitrogens with one attached hydrogen (secondary N) is 1. The largest absolute Gasteiger partial charge is 0.465 e. The van der Waals surface area contributed by atoms with E-state index in [0.29, 0.717) is 0 Å². The summed E-state index contributed by atoms with van der Waals surface area (Å²) in [6, 6.07) is 6.49. The molecule has 0 bridgehead atoms. The Morgan fingerprint density at radius 1 is 1.29 bits per heavy atom. The summed E-state index contributed by atoms with van der Waals surface area (Å²) in [4.78, 5) is 48.0. The molecule has 2 heterocycles. The number of rotatable bonds is 13. The van der Waals surface area contributed by atoms with Crippen LogP contribution in [0.3, 0.4) is 0 Å². The Labute approximate surface area is 234 Å². The molecule has 3 N–H and O–H groups in total. The van der Waals surface area contributed by atoms with Crippen molar-refractivity contribution in [2.75, 3.05) is 13.2 Å². The molecule has 0 amide bonds. The molecule has 16 nitrogen and oxygen atoms in total. The van der Waals surface area contributed by atoms with Gasteiger partial charge >= 0.3 is 11.7 Å². The number of aromatic amines is 1. The fraction of sp³-hybridized carbons (Fsp3) is 0.542. The molecular weight excluding hydrogens is 563 g/mol. The molecule has 2 aromatic rings. The number of nitrogens with zero attached hydrogens (tertiary/aromatic N) is 5. The van der Waals surface area contributed by atoms with Gasteiger partial charge in [-0.05, 0) is 43.9 Å². The Morgan fingerprint density at radius 2 is 1.98 bits per heavy atom.